The summed E-state index contributed by atoms with van der Waals surface area (Å²) < 4.78 is 0. The van der Waals surface area contributed by atoms with E-state index in [2.05, 4.69) is 64.8 Å². The van der Waals surface area contributed by atoms with Gasteiger partial charge in [0.05, 0.1) is 0 Å². The highest BCUT2D eigenvalue weighted by atomic mass is 127. The molecule has 1 aromatic rings. The maximum atomic E-state index is 4.64. The molecular formula is C18H31IN4. The summed E-state index contributed by atoms with van der Waals surface area (Å²) >= 11 is 0. The molecule has 1 aliphatic rings. The molecule has 4 nitrogen and oxygen atoms in total. The normalized spacial score (nSPS) is 14.5. The zero-order valence-corrected chi connectivity index (χ0v) is 16.8. The highest BCUT2D eigenvalue weighted by Gasteiger charge is 2.20. The van der Waals surface area contributed by atoms with E-state index >= 15 is 0 Å². The van der Waals surface area contributed by atoms with Gasteiger partial charge in [-0.1, -0.05) is 30.3 Å². The molecule has 2 N–H and O–H groups in total. The first-order valence-corrected chi connectivity index (χ1v) is 8.52. The van der Waals surface area contributed by atoms with E-state index < -0.39 is 0 Å². The number of nitrogens with zero attached hydrogens (tertiary/aromatic N) is 2. The van der Waals surface area contributed by atoms with Gasteiger partial charge in [0.15, 0.2) is 5.96 Å². The molecule has 130 valence electrons. The van der Waals surface area contributed by atoms with Crippen molar-refractivity contribution in [3.63, 3.8) is 0 Å². The zero-order valence-electron chi connectivity index (χ0n) is 14.4. The van der Waals surface area contributed by atoms with E-state index in [0.717, 1.165) is 51.0 Å². The lowest BCUT2D eigenvalue weighted by atomic mass is 10.2. The molecule has 0 saturated heterocycles. The van der Waals surface area contributed by atoms with E-state index in [-0.39, 0.29) is 24.0 Å². The third-order valence-corrected chi connectivity index (χ3v) is 3.85. The summed E-state index contributed by atoms with van der Waals surface area (Å²) in [6.07, 6.45) is 3.83. The first-order valence-electron chi connectivity index (χ1n) is 8.52. The van der Waals surface area contributed by atoms with Crippen LogP contribution < -0.4 is 10.6 Å². The Balaban J connectivity index is 0.00000264. The second-order valence-electron chi connectivity index (χ2n) is 6.17. The Hall–Kier alpha value is -0.820. The maximum absolute atomic E-state index is 4.64. The highest BCUT2D eigenvalue weighted by molar-refractivity contribution is 14.0. The minimum absolute atomic E-state index is 0. The first kappa shape index (κ1) is 20.2. The number of hydrogen-bond donors (Lipinski definition) is 2. The van der Waals surface area contributed by atoms with Gasteiger partial charge >= 0.3 is 0 Å². The van der Waals surface area contributed by atoms with Crippen LogP contribution in [0.25, 0.3) is 0 Å². The number of guanidine groups is 1. The van der Waals surface area contributed by atoms with E-state index in [1.807, 2.05) is 0 Å². The van der Waals surface area contributed by atoms with Gasteiger partial charge in [-0.2, -0.15) is 0 Å². The lowest BCUT2D eigenvalue weighted by Crippen LogP contribution is -2.38. The predicted octanol–water partition coefficient (Wildman–Crippen LogP) is 3.09. The lowest BCUT2D eigenvalue weighted by molar-refractivity contribution is 0.322. The lowest BCUT2D eigenvalue weighted by Gasteiger charge is -2.17. The summed E-state index contributed by atoms with van der Waals surface area (Å²) in [5.41, 5.74) is 1.37. The van der Waals surface area contributed by atoms with Crippen LogP contribution in [0.3, 0.4) is 0 Å². The van der Waals surface area contributed by atoms with Crippen LogP contribution in [-0.2, 0) is 6.54 Å². The van der Waals surface area contributed by atoms with E-state index in [0.29, 0.717) is 0 Å². The highest BCUT2D eigenvalue weighted by Crippen LogP contribution is 2.28. The topological polar surface area (TPSA) is 39.7 Å². The van der Waals surface area contributed by atoms with Crippen molar-refractivity contribution in [2.24, 2.45) is 10.9 Å². The molecule has 0 heterocycles. The van der Waals surface area contributed by atoms with E-state index in [1.165, 1.54) is 18.4 Å². The van der Waals surface area contributed by atoms with Crippen LogP contribution in [0.4, 0.5) is 0 Å². The van der Waals surface area contributed by atoms with Gasteiger partial charge in [0.2, 0.25) is 0 Å². The molecule has 0 radical (unpaired) electrons. The molecule has 0 spiro atoms. The monoisotopic (exact) mass is 430 g/mol. The Morgan fingerprint density at radius 1 is 1.22 bits per heavy atom. The molecule has 1 saturated carbocycles. The Morgan fingerprint density at radius 2 is 1.96 bits per heavy atom. The minimum atomic E-state index is 0. The van der Waals surface area contributed by atoms with E-state index in [9.17, 15) is 0 Å². The van der Waals surface area contributed by atoms with Crippen molar-refractivity contribution in [1.29, 1.82) is 0 Å². The Kier molecular flexibility index (Phi) is 10.3. The standard InChI is InChI=1S/C18H30N4.HI/c1-3-19-18(21-14-16-10-11-16)20-12-7-13-22(2)15-17-8-5-4-6-9-17;/h4-6,8-9,16H,3,7,10-15H2,1-2H3,(H2,19,20,21);1H. The summed E-state index contributed by atoms with van der Waals surface area (Å²) in [4.78, 5) is 7.01. The van der Waals surface area contributed by atoms with Gasteiger partial charge in [0, 0.05) is 26.2 Å². The molecule has 23 heavy (non-hydrogen) atoms. The third kappa shape index (κ3) is 9.15. The van der Waals surface area contributed by atoms with Gasteiger partial charge < -0.3 is 15.5 Å². The van der Waals surface area contributed by atoms with Crippen LogP contribution in [0, 0.1) is 5.92 Å². The van der Waals surface area contributed by atoms with Crippen molar-refractivity contribution < 1.29 is 0 Å². The Bertz CT molecular complexity index is 446. The number of halogens is 1. The average Bonchev–Trinajstić information content (AvgIpc) is 3.34. The zero-order chi connectivity index (χ0) is 15.6. The third-order valence-electron chi connectivity index (χ3n) is 3.85. The summed E-state index contributed by atoms with van der Waals surface area (Å²) in [6, 6.07) is 10.6. The first-order chi connectivity index (χ1) is 10.8. The fourth-order valence-corrected chi connectivity index (χ4v) is 2.39. The van der Waals surface area contributed by atoms with Crippen LogP contribution in [0.5, 0.6) is 0 Å². The molecule has 0 aliphatic heterocycles. The van der Waals surface area contributed by atoms with Gasteiger partial charge in [-0.15, -0.1) is 24.0 Å². The average molecular weight is 430 g/mol. The maximum Gasteiger partial charge on any atom is 0.191 e. The Morgan fingerprint density at radius 3 is 2.61 bits per heavy atom. The van der Waals surface area contributed by atoms with Crippen LogP contribution in [-0.4, -0.2) is 44.1 Å². The van der Waals surface area contributed by atoms with Crippen molar-refractivity contribution in [3.8, 4) is 0 Å². The molecule has 0 bridgehead atoms. The Labute approximate surface area is 158 Å². The van der Waals surface area contributed by atoms with Crippen LogP contribution >= 0.6 is 24.0 Å². The van der Waals surface area contributed by atoms with Gasteiger partial charge in [-0.3, -0.25) is 4.99 Å². The summed E-state index contributed by atoms with van der Waals surface area (Å²) in [7, 11) is 2.18. The fraction of sp³-hybridized carbons (Fsp3) is 0.611. The number of nitrogens with one attached hydrogen (secondary N) is 2. The van der Waals surface area contributed by atoms with Crippen LogP contribution in [0.15, 0.2) is 35.3 Å². The molecule has 0 atom stereocenters. The molecule has 0 unspecified atom stereocenters. The van der Waals surface area contributed by atoms with E-state index in [4.69, 9.17) is 0 Å². The molecule has 1 fully saturated rings. The van der Waals surface area contributed by atoms with Gasteiger partial charge in [-0.05, 0) is 51.3 Å². The largest absolute Gasteiger partial charge is 0.357 e. The van der Waals surface area contributed by atoms with Crippen molar-refractivity contribution in [2.75, 3.05) is 33.2 Å². The van der Waals surface area contributed by atoms with Crippen molar-refractivity contribution in [1.82, 2.24) is 15.5 Å². The number of benzene rings is 1. The molecule has 1 aromatic carbocycles. The van der Waals surface area contributed by atoms with Gasteiger partial charge in [0.25, 0.3) is 0 Å². The second-order valence-corrected chi connectivity index (χ2v) is 6.17. The van der Waals surface area contributed by atoms with Crippen molar-refractivity contribution >= 4 is 29.9 Å². The smallest absolute Gasteiger partial charge is 0.191 e. The molecular weight excluding hydrogens is 399 g/mol. The predicted molar refractivity (Wildman–Crippen MR) is 110 cm³/mol. The van der Waals surface area contributed by atoms with Gasteiger partial charge in [0.1, 0.15) is 0 Å². The van der Waals surface area contributed by atoms with Crippen LogP contribution in [0.1, 0.15) is 31.7 Å². The van der Waals surface area contributed by atoms with Crippen LogP contribution in [0.2, 0.25) is 0 Å². The SMILES string of the molecule is CCNC(=NCC1CC1)NCCCN(C)Cc1ccccc1.I. The molecule has 1 aliphatic carbocycles. The molecule has 2 rings (SSSR count). The second kappa shape index (κ2) is 11.7. The fourth-order valence-electron chi connectivity index (χ4n) is 2.39. The number of aliphatic imine (C=N–C) groups is 1. The minimum Gasteiger partial charge on any atom is -0.357 e. The van der Waals surface area contributed by atoms with Crippen molar-refractivity contribution in [2.45, 2.75) is 32.7 Å². The summed E-state index contributed by atoms with van der Waals surface area (Å²) in [5.74, 6) is 1.81. The van der Waals surface area contributed by atoms with E-state index in [1.54, 1.807) is 0 Å². The quantitative estimate of drug-likeness (QED) is 0.274. The van der Waals surface area contributed by atoms with Gasteiger partial charge in [-0.25, -0.2) is 0 Å². The van der Waals surface area contributed by atoms with Crippen molar-refractivity contribution in [3.05, 3.63) is 35.9 Å². The molecule has 0 amide bonds. The molecule has 5 heteroatoms. The number of rotatable bonds is 9. The number of hydrogen-bond acceptors (Lipinski definition) is 2. The molecule has 0 aromatic heterocycles. The summed E-state index contributed by atoms with van der Waals surface area (Å²) in [5, 5.41) is 6.75. The summed E-state index contributed by atoms with van der Waals surface area (Å²) in [6.45, 7) is 7.08.